The summed E-state index contributed by atoms with van der Waals surface area (Å²) < 4.78 is 0. The Morgan fingerprint density at radius 1 is 1.20 bits per heavy atom. The standard InChI is InChI=1S/C8H15NO/c10-8(3-1-2-4-8)7-5-9-6-7/h7,9-10H,1-6H2. The Morgan fingerprint density at radius 3 is 2.20 bits per heavy atom. The summed E-state index contributed by atoms with van der Waals surface area (Å²) in [6, 6.07) is 0. The van der Waals surface area contributed by atoms with Crippen LogP contribution in [0.5, 0.6) is 0 Å². The summed E-state index contributed by atoms with van der Waals surface area (Å²) in [7, 11) is 0. The Labute approximate surface area is 61.6 Å². The molecule has 0 amide bonds. The van der Waals surface area contributed by atoms with Crippen molar-refractivity contribution in [2.45, 2.75) is 31.3 Å². The highest BCUT2D eigenvalue weighted by Gasteiger charge is 2.41. The van der Waals surface area contributed by atoms with Gasteiger partial charge in [-0.2, -0.15) is 0 Å². The topological polar surface area (TPSA) is 32.3 Å². The molecule has 0 atom stereocenters. The van der Waals surface area contributed by atoms with E-state index in [9.17, 15) is 5.11 Å². The van der Waals surface area contributed by atoms with Gasteiger partial charge in [0.15, 0.2) is 0 Å². The highest BCUT2D eigenvalue weighted by atomic mass is 16.3. The first-order valence-corrected chi connectivity index (χ1v) is 4.24. The highest BCUT2D eigenvalue weighted by Crippen LogP contribution is 2.37. The lowest BCUT2D eigenvalue weighted by Crippen LogP contribution is -2.54. The SMILES string of the molecule is OC1(C2CNC2)CCCC1. The average Bonchev–Trinajstić information content (AvgIpc) is 2.09. The summed E-state index contributed by atoms with van der Waals surface area (Å²) in [5.74, 6) is 0.565. The first-order chi connectivity index (χ1) is 4.81. The van der Waals surface area contributed by atoms with Gasteiger partial charge >= 0.3 is 0 Å². The van der Waals surface area contributed by atoms with Crippen molar-refractivity contribution in [3.05, 3.63) is 0 Å². The molecule has 2 fully saturated rings. The van der Waals surface area contributed by atoms with Gasteiger partial charge in [0.25, 0.3) is 0 Å². The molecule has 2 nitrogen and oxygen atoms in total. The van der Waals surface area contributed by atoms with Crippen LogP contribution >= 0.6 is 0 Å². The third-order valence-corrected chi connectivity index (χ3v) is 3.01. The quantitative estimate of drug-likeness (QED) is 0.557. The molecule has 2 heteroatoms. The summed E-state index contributed by atoms with van der Waals surface area (Å²) in [5, 5.41) is 13.2. The molecule has 2 N–H and O–H groups in total. The molecule has 1 saturated heterocycles. The summed E-state index contributed by atoms with van der Waals surface area (Å²) in [6.07, 6.45) is 4.54. The molecular formula is C8H15NO. The number of nitrogens with one attached hydrogen (secondary N) is 1. The number of hydrogen-bond donors (Lipinski definition) is 2. The van der Waals surface area contributed by atoms with Crippen LogP contribution in [-0.2, 0) is 0 Å². The maximum atomic E-state index is 9.97. The zero-order valence-electron chi connectivity index (χ0n) is 6.27. The molecule has 0 unspecified atom stereocenters. The first kappa shape index (κ1) is 6.62. The van der Waals surface area contributed by atoms with E-state index in [-0.39, 0.29) is 5.60 Å². The molecule has 1 aliphatic heterocycles. The van der Waals surface area contributed by atoms with Crippen molar-refractivity contribution >= 4 is 0 Å². The maximum Gasteiger partial charge on any atom is 0.0700 e. The Bertz CT molecular complexity index is 125. The summed E-state index contributed by atoms with van der Waals surface area (Å²) in [6.45, 7) is 2.08. The van der Waals surface area contributed by atoms with Gasteiger partial charge in [0.05, 0.1) is 5.60 Å². The highest BCUT2D eigenvalue weighted by molar-refractivity contribution is 4.96. The fourth-order valence-electron chi connectivity index (χ4n) is 2.06. The molecule has 1 aliphatic carbocycles. The molecule has 0 spiro atoms. The van der Waals surface area contributed by atoms with E-state index in [1.807, 2.05) is 0 Å². The van der Waals surface area contributed by atoms with Crippen molar-refractivity contribution in [2.24, 2.45) is 5.92 Å². The molecule has 0 radical (unpaired) electrons. The Hall–Kier alpha value is -0.0800. The van der Waals surface area contributed by atoms with Crippen LogP contribution in [0.4, 0.5) is 0 Å². The van der Waals surface area contributed by atoms with Crippen LogP contribution < -0.4 is 5.32 Å². The lowest BCUT2D eigenvalue weighted by Gasteiger charge is -2.39. The number of rotatable bonds is 1. The lowest BCUT2D eigenvalue weighted by molar-refractivity contribution is -0.0328. The van der Waals surface area contributed by atoms with Crippen molar-refractivity contribution in [1.82, 2.24) is 5.32 Å². The Morgan fingerprint density at radius 2 is 1.80 bits per heavy atom. The maximum absolute atomic E-state index is 9.97. The van der Waals surface area contributed by atoms with Crippen LogP contribution in [0.15, 0.2) is 0 Å². The van der Waals surface area contributed by atoms with E-state index >= 15 is 0 Å². The minimum atomic E-state index is -0.273. The lowest BCUT2D eigenvalue weighted by atomic mass is 9.82. The van der Waals surface area contributed by atoms with E-state index < -0.39 is 0 Å². The van der Waals surface area contributed by atoms with E-state index in [0.717, 1.165) is 25.9 Å². The van der Waals surface area contributed by atoms with Crippen molar-refractivity contribution in [1.29, 1.82) is 0 Å². The molecule has 10 heavy (non-hydrogen) atoms. The van der Waals surface area contributed by atoms with E-state index in [1.54, 1.807) is 0 Å². The molecule has 0 bridgehead atoms. The second kappa shape index (κ2) is 2.21. The third kappa shape index (κ3) is 0.867. The third-order valence-electron chi connectivity index (χ3n) is 3.01. The summed E-state index contributed by atoms with van der Waals surface area (Å²) in [4.78, 5) is 0. The molecular weight excluding hydrogens is 126 g/mol. The van der Waals surface area contributed by atoms with Crippen molar-refractivity contribution < 1.29 is 5.11 Å². The second-order valence-electron chi connectivity index (χ2n) is 3.67. The van der Waals surface area contributed by atoms with Gasteiger partial charge < -0.3 is 10.4 Å². The van der Waals surface area contributed by atoms with Gasteiger partial charge in [0.1, 0.15) is 0 Å². The molecule has 0 aromatic carbocycles. The van der Waals surface area contributed by atoms with Gasteiger partial charge in [0.2, 0.25) is 0 Å². The monoisotopic (exact) mass is 141 g/mol. The second-order valence-corrected chi connectivity index (χ2v) is 3.67. The number of aliphatic hydroxyl groups is 1. The fourth-order valence-corrected chi connectivity index (χ4v) is 2.06. The van der Waals surface area contributed by atoms with Crippen LogP contribution in [0.3, 0.4) is 0 Å². The summed E-state index contributed by atoms with van der Waals surface area (Å²) in [5.41, 5.74) is -0.273. The van der Waals surface area contributed by atoms with Crippen molar-refractivity contribution in [2.75, 3.05) is 13.1 Å². The Kier molecular flexibility index (Phi) is 1.46. The van der Waals surface area contributed by atoms with Gasteiger partial charge in [0, 0.05) is 19.0 Å². The predicted molar refractivity (Wildman–Crippen MR) is 39.8 cm³/mol. The predicted octanol–water partition coefficient (Wildman–Crippen LogP) is 0.511. The molecule has 1 heterocycles. The Balaban J connectivity index is 1.98. The molecule has 2 rings (SSSR count). The van der Waals surface area contributed by atoms with Crippen LogP contribution in [0, 0.1) is 5.92 Å². The van der Waals surface area contributed by atoms with Crippen LogP contribution in [0.25, 0.3) is 0 Å². The molecule has 1 saturated carbocycles. The van der Waals surface area contributed by atoms with Crippen LogP contribution in [0.2, 0.25) is 0 Å². The molecule has 0 aromatic heterocycles. The minimum absolute atomic E-state index is 0.273. The molecule has 58 valence electrons. The fraction of sp³-hybridized carbons (Fsp3) is 1.00. The smallest absolute Gasteiger partial charge is 0.0700 e. The first-order valence-electron chi connectivity index (χ1n) is 4.24. The zero-order valence-corrected chi connectivity index (χ0v) is 6.27. The molecule has 0 aromatic rings. The van der Waals surface area contributed by atoms with E-state index in [1.165, 1.54) is 12.8 Å². The normalized spacial score (nSPS) is 32.1. The van der Waals surface area contributed by atoms with Crippen molar-refractivity contribution in [3.63, 3.8) is 0 Å². The zero-order chi connectivity index (χ0) is 7.03. The number of hydrogen-bond acceptors (Lipinski definition) is 2. The largest absolute Gasteiger partial charge is 0.390 e. The van der Waals surface area contributed by atoms with Gasteiger partial charge in [-0.05, 0) is 12.8 Å². The minimum Gasteiger partial charge on any atom is -0.390 e. The molecule has 2 aliphatic rings. The van der Waals surface area contributed by atoms with E-state index in [0.29, 0.717) is 5.92 Å². The van der Waals surface area contributed by atoms with Gasteiger partial charge in [-0.1, -0.05) is 12.8 Å². The summed E-state index contributed by atoms with van der Waals surface area (Å²) >= 11 is 0. The van der Waals surface area contributed by atoms with Crippen molar-refractivity contribution in [3.8, 4) is 0 Å². The van der Waals surface area contributed by atoms with Gasteiger partial charge in [-0.15, -0.1) is 0 Å². The van der Waals surface area contributed by atoms with E-state index in [2.05, 4.69) is 5.32 Å². The van der Waals surface area contributed by atoms with E-state index in [4.69, 9.17) is 0 Å². The van der Waals surface area contributed by atoms with Gasteiger partial charge in [-0.25, -0.2) is 0 Å². The van der Waals surface area contributed by atoms with Crippen LogP contribution in [-0.4, -0.2) is 23.8 Å². The average molecular weight is 141 g/mol. The van der Waals surface area contributed by atoms with Crippen LogP contribution in [0.1, 0.15) is 25.7 Å². The van der Waals surface area contributed by atoms with Gasteiger partial charge in [-0.3, -0.25) is 0 Å².